The van der Waals surface area contributed by atoms with Crippen molar-refractivity contribution in [2.75, 3.05) is 51.3 Å². The van der Waals surface area contributed by atoms with Gasteiger partial charge in [-0.15, -0.1) is 0 Å². The molecule has 1 fully saturated rings. The number of hydrogen-bond donors (Lipinski definition) is 2. The van der Waals surface area contributed by atoms with Gasteiger partial charge in [0.1, 0.15) is 0 Å². The minimum Gasteiger partial charge on any atom is -0.357 e. The first-order chi connectivity index (χ1) is 10.4. The van der Waals surface area contributed by atoms with E-state index >= 15 is 0 Å². The molecule has 5 heteroatoms. The van der Waals surface area contributed by atoms with E-state index in [9.17, 15) is 0 Å². The predicted octanol–water partition coefficient (Wildman–Crippen LogP) is 2.56. The normalized spacial score (nSPS) is 16.4. The molecule has 0 aromatic heterocycles. The van der Waals surface area contributed by atoms with Crippen molar-refractivity contribution < 1.29 is 0 Å². The Morgan fingerprint density at radius 2 is 1.90 bits per heavy atom. The lowest BCUT2D eigenvalue weighted by atomic mass is 10.3. The molecule has 0 aromatic rings. The van der Waals surface area contributed by atoms with E-state index in [2.05, 4.69) is 33.7 Å². The first-order valence-electron chi connectivity index (χ1n) is 8.60. The Balaban J connectivity index is 2.06. The van der Waals surface area contributed by atoms with Crippen molar-refractivity contribution in [2.45, 2.75) is 45.4 Å². The number of guanidine groups is 1. The van der Waals surface area contributed by atoms with Gasteiger partial charge in [-0.2, -0.15) is 11.8 Å². The molecule has 0 aromatic carbocycles. The Kier molecular flexibility index (Phi) is 11.8. The summed E-state index contributed by atoms with van der Waals surface area (Å²) < 4.78 is 0. The van der Waals surface area contributed by atoms with E-state index in [1.165, 1.54) is 63.9 Å². The summed E-state index contributed by atoms with van der Waals surface area (Å²) >= 11 is 1.92. The number of unbranched alkanes of at least 4 members (excludes halogenated alkanes) is 2. The summed E-state index contributed by atoms with van der Waals surface area (Å²) in [6, 6.07) is 0. The van der Waals surface area contributed by atoms with E-state index in [1.807, 2.05) is 11.8 Å². The Morgan fingerprint density at radius 1 is 1.10 bits per heavy atom. The maximum absolute atomic E-state index is 4.67. The molecule has 0 bridgehead atoms. The summed E-state index contributed by atoms with van der Waals surface area (Å²) in [5.41, 5.74) is 0. The topological polar surface area (TPSA) is 39.7 Å². The molecule has 0 saturated carbocycles. The van der Waals surface area contributed by atoms with Gasteiger partial charge >= 0.3 is 0 Å². The molecule has 1 heterocycles. The van der Waals surface area contributed by atoms with Crippen molar-refractivity contribution in [1.82, 2.24) is 15.5 Å². The Bertz CT molecular complexity index is 265. The lowest BCUT2D eigenvalue weighted by Crippen LogP contribution is -2.37. The molecule has 0 unspecified atom stereocenters. The van der Waals surface area contributed by atoms with Crippen LogP contribution in [0.1, 0.15) is 45.4 Å². The summed E-state index contributed by atoms with van der Waals surface area (Å²) in [6.45, 7) is 8.90. The van der Waals surface area contributed by atoms with Crippen LogP contribution >= 0.6 is 11.8 Å². The second-order valence-electron chi connectivity index (χ2n) is 5.64. The first kappa shape index (κ1) is 18.6. The Labute approximate surface area is 135 Å². The maximum atomic E-state index is 4.67. The molecule has 1 saturated heterocycles. The van der Waals surface area contributed by atoms with E-state index in [0.717, 1.165) is 25.6 Å². The summed E-state index contributed by atoms with van der Waals surface area (Å²) in [5, 5.41) is 6.76. The molecule has 1 aliphatic heterocycles. The molecule has 124 valence electrons. The molecule has 0 aliphatic carbocycles. The van der Waals surface area contributed by atoms with Crippen molar-refractivity contribution in [3.05, 3.63) is 0 Å². The first-order valence-corrected chi connectivity index (χ1v) is 9.99. The van der Waals surface area contributed by atoms with Gasteiger partial charge in [-0.25, -0.2) is 0 Å². The minimum atomic E-state index is 0.935. The largest absolute Gasteiger partial charge is 0.357 e. The highest BCUT2D eigenvalue weighted by Gasteiger charge is 2.09. The SMILES string of the molecule is CCNC(=NCCCCN1CCCC1)NCCCCSC. The predicted molar refractivity (Wildman–Crippen MR) is 96.5 cm³/mol. The average Bonchev–Trinajstić information content (AvgIpc) is 3.00. The smallest absolute Gasteiger partial charge is 0.191 e. The van der Waals surface area contributed by atoms with Crippen LogP contribution in [0.25, 0.3) is 0 Å². The number of thioether (sulfide) groups is 1. The molecule has 21 heavy (non-hydrogen) atoms. The van der Waals surface area contributed by atoms with Gasteiger partial charge in [-0.05, 0) is 77.1 Å². The molecule has 1 aliphatic rings. The van der Waals surface area contributed by atoms with Crippen LogP contribution in [0.2, 0.25) is 0 Å². The van der Waals surface area contributed by atoms with Crippen LogP contribution in [0.15, 0.2) is 4.99 Å². The third-order valence-corrected chi connectivity index (χ3v) is 4.46. The van der Waals surface area contributed by atoms with Gasteiger partial charge in [0.2, 0.25) is 0 Å². The van der Waals surface area contributed by atoms with Crippen molar-refractivity contribution in [1.29, 1.82) is 0 Å². The van der Waals surface area contributed by atoms with Crippen molar-refractivity contribution >= 4 is 17.7 Å². The van der Waals surface area contributed by atoms with Crippen LogP contribution in [0, 0.1) is 0 Å². The molecule has 2 N–H and O–H groups in total. The van der Waals surface area contributed by atoms with E-state index in [-0.39, 0.29) is 0 Å². The Morgan fingerprint density at radius 3 is 2.62 bits per heavy atom. The van der Waals surface area contributed by atoms with Crippen molar-refractivity contribution in [3.63, 3.8) is 0 Å². The number of nitrogens with zero attached hydrogens (tertiary/aromatic N) is 2. The van der Waals surface area contributed by atoms with Crippen molar-refractivity contribution in [2.24, 2.45) is 4.99 Å². The minimum absolute atomic E-state index is 0.935. The van der Waals surface area contributed by atoms with Crippen LogP contribution in [0.5, 0.6) is 0 Å². The highest BCUT2D eigenvalue weighted by Crippen LogP contribution is 2.08. The second-order valence-corrected chi connectivity index (χ2v) is 6.63. The summed E-state index contributed by atoms with van der Waals surface area (Å²) in [4.78, 5) is 7.25. The van der Waals surface area contributed by atoms with Crippen LogP contribution < -0.4 is 10.6 Å². The van der Waals surface area contributed by atoms with Crippen LogP contribution in [0.3, 0.4) is 0 Å². The molecular formula is C16H34N4S. The molecule has 1 rings (SSSR count). The second kappa shape index (κ2) is 13.3. The summed E-state index contributed by atoms with van der Waals surface area (Å²) in [5.74, 6) is 2.24. The number of aliphatic imine (C=N–C) groups is 1. The molecule has 0 amide bonds. The maximum Gasteiger partial charge on any atom is 0.191 e. The zero-order chi connectivity index (χ0) is 15.2. The fourth-order valence-corrected chi connectivity index (χ4v) is 3.06. The fraction of sp³-hybridized carbons (Fsp3) is 0.938. The van der Waals surface area contributed by atoms with Crippen LogP contribution in [0.4, 0.5) is 0 Å². The fourth-order valence-electron chi connectivity index (χ4n) is 2.56. The summed E-state index contributed by atoms with van der Waals surface area (Å²) in [7, 11) is 0. The van der Waals surface area contributed by atoms with Crippen LogP contribution in [-0.4, -0.2) is 62.1 Å². The lowest BCUT2D eigenvalue weighted by Gasteiger charge is -2.14. The standard InChI is InChI=1S/C16H34N4S/c1-3-17-16(19-11-5-9-15-21-2)18-10-4-6-12-20-13-7-8-14-20/h3-15H2,1-2H3,(H2,17,18,19). The number of nitrogens with one attached hydrogen (secondary N) is 2. The van der Waals surface area contributed by atoms with Gasteiger partial charge in [0.25, 0.3) is 0 Å². The van der Waals surface area contributed by atoms with E-state index < -0.39 is 0 Å². The highest BCUT2D eigenvalue weighted by atomic mass is 32.2. The number of likely N-dealkylation sites (tertiary alicyclic amines) is 1. The third-order valence-electron chi connectivity index (χ3n) is 3.76. The van der Waals surface area contributed by atoms with E-state index in [4.69, 9.17) is 0 Å². The average molecular weight is 315 g/mol. The van der Waals surface area contributed by atoms with Gasteiger partial charge in [0, 0.05) is 19.6 Å². The van der Waals surface area contributed by atoms with Gasteiger partial charge in [0.15, 0.2) is 5.96 Å². The van der Waals surface area contributed by atoms with E-state index in [1.54, 1.807) is 0 Å². The summed E-state index contributed by atoms with van der Waals surface area (Å²) in [6.07, 6.45) is 9.92. The zero-order valence-corrected chi connectivity index (χ0v) is 14.8. The molecule has 0 atom stereocenters. The van der Waals surface area contributed by atoms with Gasteiger partial charge in [-0.3, -0.25) is 4.99 Å². The highest BCUT2D eigenvalue weighted by molar-refractivity contribution is 7.98. The number of hydrogen-bond acceptors (Lipinski definition) is 3. The van der Waals surface area contributed by atoms with E-state index in [0.29, 0.717) is 0 Å². The molecule has 4 nitrogen and oxygen atoms in total. The molecule has 0 radical (unpaired) electrons. The third kappa shape index (κ3) is 10.0. The molecular weight excluding hydrogens is 280 g/mol. The Hall–Kier alpha value is -0.420. The van der Waals surface area contributed by atoms with Gasteiger partial charge < -0.3 is 15.5 Å². The lowest BCUT2D eigenvalue weighted by molar-refractivity contribution is 0.331. The number of rotatable bonds is 11. The van der Waals surface area contributed by atoms with Gasteiger partial charge in [0.05, 0.1) is 0 Å². The van der Waals surface area contributed by atoms with Gasteiger partial charge in [-0.1, -0.05) is 0 Å². The quantitative estimate of drug-likeness (QED) is 0.349. The monoisotopic (exact) mass is 314 g/mol. The van der Waals surface area contributed by atoms with Crippen molar-refractivity contribution in [3.8, 4) is 0 Å². The van der Waals surface area contributed by atoms with Crippen LogP contribution in [-0.2, 0) is 0 Å². The molecule has 0 spiro atoms. The zero-order valence-electron chi connectivity index (χ0n) is 14.0.